The summed E-state index contributed by atoms with van der Waals surface area (Å²) in [7, 11) is -2.95. The molecule has 0 aliphatic carbocycles. The number of hydrogen-bond donors (Lipinski definition) is 2. The number of rotatable bonds is 3. The van der Waals surface area contributed by atoms with Crippen LogP contribution >= 0.6 is 0 Å². The Morgan fingerprint density at radius 3 is 2.71 bits per heavy atom. The molecule has 2 heterocycles. The molecule has 2 saturated heterocycles. The Morgan fingerprint density at radius 2 is 2.18 bits per heavy atom. The zero-order valence-corrected chi connectivity index (χ0v) is 10.9. The van der Waals surface area contributed by atoms with Gasteiger partial charge in [-0.05, 0) is 32.7 Å². The van der Waals surface area contributed by atoms with Gasteiger partial charge in [-0.2, -0.15) is 0 Å². The molecule has 2 aliphatic rings. The van der Waals surface area contributed by atoms with Crippen LogP contribution in [0.4, 0.5) is 0 Å². The van der Waals surface area contributed by atoms with Crippen LogP contribution in [0.1, 0.15) is 26.2 Å². The van der Waals surface area contributed by atoms with E-state index < -0.39 is 9.84 Å². The lowest BCUT2D eigenvalue weighted by atomic mass is 10.0. The summed E-state index contributed by atoms with van der Waals surface area (Å²) in [6.45, 7) is 3.13. The quantitative estimate of drug-likeness (QED) is 0.729. The van der Waals surface area contributed by atoms with Crippen molar-refractivity contribution in [2.75, 3.05) is 18.8 Å². The average Bonchev–Trinajstić information content (AvgIpc) is 2.81. The van der Waals surface area contributed by atoms with Crippen molar-refractivity contribution in [3.05, 3.63) is 0 Å². The fourth-order valence-electron chi connectivity index (χ4n) is 2.65. The van der Waals surface area contributed by atoms with Gasteiger partial charge in [0.15, 0.2) is 9.84 Å². The van der Waals surface area contributed by atoms with E-state index in [0.717, 1.165) is 19.4 Å². The van der Waals surface area contributed by atoms with Crippen LogP contribution in [0.25, 0.3) is 0 Å². The number of carbonyl (C=O) groups is 1. The summed E-state index contributed by atoms with van der Waals surface area (Å²) in [5, 5.41) is 5.65. The van der Waals surface area contributed by atoms with Gasteiger partial charge in [0.25, 0.3) is 0 Å². The highest BCUT2D eigenvalue weighted by atomic mass is 32.2. The molecular weight excluding hydrogens is 240 g/mol. The largest absolute Gasteiger partial charge is 0.355 e. The summed E-state index contributed by atoms with van der Waals surface area (Å²) >= 11 is 0. The van der Waals surface area contributed by atoms with Crippen molar-refractivity contribution < 1.29 is 13.2 Å². The maximum absolute atomic E-state index is 11.9. The van der Waals surface area contributed by atoms with E-state index in [1.807, 2.05) is 6.92 Å². The molecule has 0 radical (unpaired) electrons. The monoisotopic (exact) mass is 260 g/mol. The van der Waals surface area contributed by atoms with E-state index in [0.29, 0.717) is 6.42 Å². The lowest BCUT2D eigenvalue weighted by Crippen LogP contribution is -2.41. The molecule has 2 rings (SSSR count). The highest BCUT2D eigenvalue weighted by Crippen LogP contribution is 2.20. The van der Waals surface area contributed by atoms with Gasteiger partial charge in [-0.15, -0.1) is 0 Å². The zero-order chi connectivity index (χ0) is 12.5. The second-order valence-electron chi connectivity index (χ2n) is 5.01. The summed E-state index contributed by atoms with van der Waals surface area (Å²) in [6, 6.07) is 0.190. The molecule has 17 heavy (non-hydrogen) atoms. The van der Waals surface area contributed by atoms with E-state index in [-0.39, 0.29) is 35.4 Å². The first kappa shape index (κ1) is 12.8. The minimum Gasteiger partial charge on any atom is -0.355 e. The highest BCUT2D eigenvalue weighted by molar-refractivity contribution is 7.92. The molecule has 5 nitrogen and oxygen atoms in total. The fourth-order valence-corrected chi connectivity index (χ4v) is 4.42. The average molecular weight is 260 g/mol. The fraction of sp³-hybridized carbons (Fsp3) is 0.909. The van der Waals surface area contributed by atoms with Gasteiger partial charge in [0, 0.05) is 12.6 Å². The lowest BCUT2D eigenvalue weighted by Gasteiger charge is -2.16. The van der Waals surface area contributed by atoms with Gasteiger partial charge in [-0.25, -0.2) is 8.42 Å². The Balaban J connectivity index is 1.84. The molecule has 2 fully saturated rings. The van der Waals surface area contributed by atoms with Gasteiger partial charge in [-0.3, -0.25) is 4.79 Å². The van der Waals surface area contributed by atoms with E-state index >= 15 is 0 Å². The Morgan fingerprint density at radius 1 is 1.41 bits per heavy atom. The van der Waals surface area contributed by atoms with Gasteiger partial charge in [0.1, 0.15) is 0 Å². The maximum Gasteiger partial charge on any atom is 0.224 e. The smallest absolute Gasteiger partial charge is 0.224 e. The Bertz CT molecular complexity index is 394. The van der Waals surface area contributed by atoms with Crippen LogP contribution in [-0.4, -0.2) is 44.5 Å². The molecule has 6 heteroatoms. The van der Waals surface area contributed by atoms with Crippen LogP contribution < -0.4 is 10.6 Å². The van der Waals surface area contributed by atoms with Gasteiger partial charge in [0.2, 0.25) is 5.91 Å². The first-order valence-corrected chi connectivity index (χ1v) is 7.95. The highest BCUT2D eigenvalue weighted by Gasteiger charge is 2.33. The summed E-state index contributed by atoms with van der Waals surface area (Å²) in [4.78, 5) is 11.9. The summed E-state index contributed by atoms with van der Waals surface area (Å²) in [5.41, 5.74) is 0. The molecule has 3 unspecified atom stereocenters. The van der Waals surface area contributed by atoms with Crippen molar-refractivity contribution in [3.63, 3.8) is 0 Å². The van der Waals surface area contributed by atoms with Crippen molar-refractivity contribution in [2.24, 2.45) is 5.92 Å². The minimum absolute atomic E-state index is 0.00963. The minimum atomic E-state index is -2.95. The van der Waals surface area contributed by atoms with E-state index in [9.17, 15) is 13.2 Å². The van der Waals surface area contributed by atoms with Gasteiger partial charge < -0.3 is 10.6 Å². The number of nitrogens with one attached hydrogen (secondary N) is 2. The number of amides is 1. The van der Waals surface area contributed by atoms with Crippen LogP contribution in [0, 0.1) is 5.92 Å². The normalized spacial score (nSPS) is 35.9. The van der Waals surface area contributed by atoms with Gasteiger partial charge in [-0.1, -0.05) is 0 Å². The molecule has 0 spiro atoms. The molecule has 0 aromatic carbocycles. The second kappa shape index (κ2) is 4.94. The van der Waals surface area contributed by atoms with Crippen LogP contribution in [0.2, 0.25) is 0 Å². The SMILES string of the molecule is CC1NCCC1C(=O)NCC1CCCS1(=O)=O. The molecule has 1 amide bonds. The third kappa shape index (κ3) is 2.80. The van der Waals surface area contributed by atoms with Crippen LogP contribution in [0.5, 0.6) is 0 Å². The van der Waals surface area contributed by atoms with Crippen molar-refractivity contribution in [3.8, 4) is 0 Å². The molecule has 0 aromatic rings. The van der Waals surface area contributed by atoms with E-state index in [1.165, 1.54) is 0 Å². The Kier molecular flexibility index (Phi) is 3.73. The first-order chi connectivity index (χ1) is 8.00. The zero-order valence-electron chi connectivity index (χ0n) is 10.1. The predicted octanol–water partition coefficient (Wildman–Crippen LogP) is -0.322. The third-order valence-corrected chi connectivity index (χ3v) is 6.10. The van der Waals surface area contributed by atoms with Gasteiger partial charge >= 0.3 is 0 Å². The Hall–Kier alpha value is -0.620. The molecule has 2 aliphatic heterocycles. The molecule has 0 aromatic heterocycles. The van der Waals surface area contributed by atoms with Gasteiger partial charge in [0.05, 0.1) is 16.9 Å². The van der Waals surface area contributed by atoms with E-state index in [2.05, 4.69) is 10.6 Å². The van der Waals surface area contributed by atoms with Crippen molar-refractivity contribution in [1.29, 1.82) is 0 Å². The number of hydrogen-bond acceptors (Lipinski definition) is 4. The van der Waals surface area contributed by atoms with Crippen LogP contribution in [0.15, 0.2) is 0 Å². The lowest BCUT2D eigenvalue weighted by molar-refractivity contribution is -0.125. The molecule has 0 bridgehead atoms. The number of sulfone groups is 1. The summed E-state index contributed by atoms with van der Waals surface area (Å²) in [6.07, 6.45) is 2.25. The maximum atomic E-state index is 11.9. The Labute approximate surface area is 102 Å². The third-order valence-electron chi connectivity index (χ3n) is 3.83. The standard InChI is InChI=1S/C11H20N2O3S/c1-8-10(4-5-12-8)11(14)13-7-9-3-2-6-17(9,15)16/h8-10,12H,2-7H2,1H3,(H,13,14). The van der Waals surface area contributed by atoms with Crippen LogP contribution in [0.3, 0.4) is 0 Å². The predicted molar refractivity (Wildman–Crippen MR) is 65.4 cm³/mol. The molecule has 3 atom stereocenters. The first-order valence-electron chi connectivity index (χ1n) is 6.23. The van der Waals surface area contributed by atoms with Crippen molar-refractivity contribution >= 4 is 15.7 Å². The molecule has 2 N–H and O–H groups in total. The van der Waals surface area contributed by atoms with Crippen LogP contribution in [-0.2, 0) is 14.6 Å². The van der Waals surface area contributed by atoms with E-state index in [1.54, 1.807) is 0 Å². The van der Waals surface area contributed by atoms with E-state index in [4.69, 9.17) is 0 Å². The summed E-state index contributed by atoms with van der Waals surface area (Å²) in [5.74, 6) is 0.248. The summed E-state index contributed by atoms with van der Waals surface area (Å²) < 4.78 is 23.2. The second-order valence-corrected chi connectivity index (χ2v) is 7.41. The van der Waals surface area contributed by atoms with Crippen molar-refractivity contribution in [1.82, 2.24) is 10.6 Å². The topological polar surface area (TPSA) is 75.3 Å². The molecule has 98 valence electrons. The molecular formula is C11H20N2O3S. The van der Waals surface area contributed by atoms with Crippen molar-refractivity contribution in [2.45, 2.75) is 37.5 Å². The molecule has 0 saturated carbocycles. The number of carbonyl (C=O) groups excluding carboxylic acids is 1.